The zero-order valence-electron chi connectivity index (χ0n) is 18.6. The standard InChI is InChI=1S/C23H30N4O3S2/c1-3-14-27(15-4-2)32(29,30)20-10-7-18(8-11-20)9-12-22(28)26-23-25-21(17-31-23)19-6-5-13-24-16-19/h6-8,10-11,16-17H,3-5,9,12-15H2,1-2H3,(H,25,26,28). The molecule has 9 heteroatoms. The van der Waals surface area contributed by atoms with Crippen molar-refractivity contribution in [2.75, 3.05) is 25.0 Å². The number of rotatable bonds is 11. The Morgan fingerprint density at radius 3 is 2.50 bits per heavy atom. The first kappa shape index (κ1) is 24.3. The van der Waals surface area contributed by atoms with Crippen molar-refractivity contribution in [2.24, 2.45) is 4.99 Å². The van der Waals surface area contributed by atoms with Gasteiger partial charge >= 0.3 is 0 Å². The summed E-state index contributed by atoms with van der Waals surface area (Å²) in [4.78, 5) is 21.4. The number of amides is 1. The zero-order chi connectivity index (χ0) is 23.0. The van der Waals surface area contributed by atoms with Gasteiger partial charge in [0.1, 0.15) is 0 Å². The summed E-state index contributed by atoms with van der Waals surface area (Å²) >= 11 is 1.39. The largest absolute Gasteiger partial charge is 0.302 e. The molecule has 2 aromatic rings. The van der Waals surface area contributed by atoms with E-state index in [-0.39, 0.29) is 5.91 Å². The molecule has 1 aliphatic rings. The fourth-order valence-corrected chi connectivity index (χ4v) is 5.77. The molecule has 0 saturated heterocycles. The molecule has 1 aromatic carbocycles. The molecule has 2 heterocycles. The van der Waals surface area contributed by atoms with Crippen molar-refractivity contribution >= 4 is 44.2 Å². The number of anilines is 1. The summed E-state index contributed by atoms with van der Waals surface area (Å²) in [6.45, 7) is 5.78. The fourth-order valence-electron chi connectivity index (χ4n) is 3.41. The molecule has 1 aliphatic heterocycles. The summed E-state index contributed by atoms with van der Waals surface area (Å²) < 4.78 is 27.2. The molecule has 0 spiro atoms. The van der Waals surface area contributed by atoms with Gasteiger partial charge < -0.3 is 5.32 Å². The molecule has 7 nitrogen and oxygen atoms in total. The SMILES string of the molecule is CCCN(CCC)S(=O)(=O)c1ccc(CCC(=O)Nc2nc(C3=CCCN=C3)cs2)cc1. The van der Waals surface area contributed by atoms with Crippen LogP contribution in [0.5, 0.6) is 0 Å². The summed E-state index contributed by atoms with van der Waals surface area (Å²) in [5.41, 5.74) is 2.73. The average molecular weight is 475 g/mol. The van der Waals surface area contributed by atoms with Crippen molar-refractivity contribution in [3.05, 3.63) is 47.0 Å². The maximum atomic E-state index is 12.9. The minimum atomic E-state index is -3.49. The number of hydrogen-bond donors (Lipinski definition) is 1. The molecule has 0 bridgehead atoms. The minimum Gasteiger partial charge on any atom is -0.302 e. The minimum absolute atomic E-state index is 0.119. The lowest BCUT2D eigenvalue weighted by Gasteiger charge is -2.21. The summed E-state index contributed by atoms with van der Waals surface area (Å²) in [5, 5.41) is 5.33. The van der Waals surface area contributed by atoms with Crippen molar-refractivity contribution in [3.8, 4) is 0 Å². The van der Waals surface area contributed by atoms with E-state index in [1.807, 2.05) is 25.4 Å². The van der Waals surface area contributed by atoms with E-state index >= 15 is 0 Å². The van der Waals surface area contributed by atoms with E-state index in [1.165, 1.54) is 15.6 Å². The topological polar surface area (TPSA) is 91.7 Å². The van der Waals surface area contributed by atoms with Crippen LogP contribution in [0.2, 0.25) is 0 Å². The molecule has 1 N–H and O–H groups in total. The van der Waals surface area contributed by atoms with E-state index in [4.69, 9.17) is 0 Å². The molecule has 172 valence electrons. The van der Waals surface area contributed by atoms with Gasteiger partial charge in [-0.15, -0.1) is 11.3 Å². The van der Waals surface area contributed by atoms with Gasteiger partial charge in [-0.1, -0.05) is 32.1 Å². The smallest absolute Gasteiger partial charge is 0.243 e. The number of aliphatic imine (C=N–C) groups is 1. The lowest BCUT2D eigenvalue weighted by atomic mass is 10.1. The predicted molar refractivity (Wildman–Crippen MR) is 131 cm³/mol. The van der Waals surface area contributed by atoms with Gasteiger partial charge in [-0.2, -0.15) is 4.31 Å². The van der Waals surface area contributed by atoms with Crippen LogP contribution in [0, 0.1) is 0 Å². The highest BCUT2D eigenvalue weighted by atomic mass is 32.2. The van der Waals surface area contributed by atoms with Crippen molar-refractivity contribution < 1.29 is 13.2 Å². The van der Waals surface area contributed by atoms with Gasteiger partial charge in [-0.3, -0.25) is 9.79 Å². The van der Waals surface area contributed by atoms with Crippen LogP contribution in [0.3, 0.4) is 0 Å². The second kappa shape index (κ2) is 11.5. The van der Waals surface area contributed by atoms with E-state index in [9.17, 15) is 13.2 Å². The van der Waals surface area contributed by atoms with Crippen LogP contribution in [0.15, 0.2) is 45.6 Å². The number of hydrogen-bond acceptors (Lipinski definition) is 6. The number of nitrogens with zero attached hydrogens (tertiary/aromatic N) is 3. The monoisotopic (exact) mass is 474 g/mol. The maximum absolute atomic E-state index is 12.9. The third-order valence-electron chi connectivity index (χ3n) is 5.05. The van der Waals surface area contributed by atoms with E-state index < -0.39 is 10.0 Å². The van der Waals surface area contributed by atoms with E-state index in [0.717, 1.165) is 42.6 Å². The lowest BCUT2D eigenvalue weighted by molar-refractivity contribution is -0.116. The highest BCUT2D eigenvalue weighted by molar-refractivity contribution is 7.89. The van der Waals surface area contributed by atoms with Crippen LogP contribution in [-0.4, -0.2) is 49.5 Å². The van der Waals surface area contributed by atoms with Crippen LogP contribution in [0.25, 0.3) is 5.57 Å². The van der Waals surface area contributed by atoms with E-state index in [1.54, 1.807) is 24.3 Å². The van der Waals surface area contributed by atoms with Gasteiger partial charge in [0.05, 0.1) is 10.6 Å². The summed E-state index contributed by atoms with van der Waals surface area (Å²) in [7, 11) is -3.49. The Labute approximate surface area is 194 Å². The summed E-state index contributed by atoms with van der Waals surface area (Å²) in [6.07, 6.45) is 7.19. The predicted octanol–water partition coefficient (Wildman–Crippen LogP) is 4.38. The number of carbonyl (C=O) groups is 1. The van der Waals surface area contributed by atoms with Crippen LogP contribution in [0.4, 0.5) is 5.13 Å². The van der Waals surface area contributed by atoms with Gasteiger partial charge in [0.15, 0.2) is 5.13 Å². The lowest BCUT2D eigenvalue weighted by Crippen LogP contribution is -2.32. The van der Waals surface area contributed by atoms with Crippen molar-refractivity contribution in [3.63, 3.8) is 0 Å². The van der Waals surface area contributed by atoms with Crippen LogP contribution in [0.1, 0.15) is 50.8 Å². The first-order valence-corrected chi connectivity index (χ1v) is 13.3. The molecule has 0 unspecified atom stereocenters. The van der Waals surface area contributed by atoms with Crippen molar-refractivity contribution in [1.82, 2.24) is 9.29 Å². The number of sulfonamides is 1. The Bertz CT molecular complexity index is 1070. The molecule has 1 amide bonds. The molecule has 0 saturated carbocycles. The number of aryl methyl sites for hydroxylation is 1. The molecular weight excluding hydrogens is 444 g/mol. The summed E-state index contributed by atoms with van der Waals surface area (Å²) in [5.74, 6) is -0.119. The van der Waals surface area contributed by atoms with Crippen LogP contribution >= 0.6 is 11.3 Å². The van der Waals surface area contributed by atoms with Gasteiger partial charge in [0, 0.05) is 43.2 Å². The molecule has 3 rings (SSSR count). The number of dihydropyridines is 1. The highest BCUT2D eigenvalue weighted by Gasteiger charge is 2.22. The van der Waals surface area contributed by atoms with Gasteiger partial charge in [0.2, 0.25) is 15.9 Å². The Kier molecular flexibility index (Phi) is 8.72. The second-order valence-corrected chi connectivity index (χ2v) is 10.4. The summed E-state index contributed by atoms with van der Waals surface area (Å²) in [6, 6.07) is 6.83. The van der Waals surface area contributed by atoms with Gasteiger partial charge in [-0.25, -0.2) is 13.4 Å². The number of aromatic nitrogens is 1. The molecule has 0 radical (unpaired) electrons. The number of benzene rings is 1. The average Bonchev–Trinajstić information content (AvgIpc) is 3.27. The third-order valence-corrected chi connectivity index (χ3v) is 7.72. The van der Waals surface area contributed by atoms with Gasteiger partial charge in [-0.05, 0) is 43.4 Å². The highest BCUT2D eigenvalue weighted by Crippen LogP contribution is 2.23. The molecule has 1 aromatic heterocycles. The Hall–Kier alpha value is -2.36. The maximum Gasteiger partial charge on any atom is 0.243 e. The molecule has 0 aliphatic carbocycles. The number of thiazole rings is 1. The molecule has 32 heavy (non-hydrogen) atoms. The molecule has 0 fully saturated rings. The normalized spacial score (nSPS) is 13.9. The Morgan fingerprint density at radius 2 is 1.88 bits per heavy atom. The first-order valence-electron chi connectivity index (χ1n) is 11.0. The van der Waals surface area contributed by atoms with E-state index in [0.29, 0.717) is 36.0 Å². The van der Waals surface area contributed by atoms with Crippen LogP contribution < -0.4 is 5.32 Å². The quantitative estimate of drug-likeness (QED) is 0.523. The molecular formula is C23H30N4O3S2. The number of allylic oxidation sites excluding steroid dienone is 1. The number of nitrogens with one attached hydrogen (secondary N) is 1. The molecule has 0 atom stereocenters. The second-order valence-electron chi connectivity index (χ2n) is 7.62. The van der Waals surface area contributed by atoms with Gasteiger partial charge in [0.25, 0.3) is 0 Å². The fraction of sp³-hybridized carbons (Fsp3) is 0.435. The van der Waals surface area contributed by atoms with E-state index in [2.05, 4.69) is 21.4 Å². The number of carbonyl (C=O) groups excluding carboxylic acids is 1. The Balaban J connectivity index is 1.55. The zero-order valence-corrected chi connectivity index (χ0v) is 20.2. The third kappa shape index (κ3) is 6.34. The Morgan fingerprint density at radius 1 is 1.16 bits per heavy atom. The van der Waals surface area contributed by atoms with Crippen molar-refractivity contribution in [1.29, 1.82) is 0 Å². The first-order chi connectivity index (χ1) is 15.4. The van der Waals surface area contributed by atoms with Crippen molar-refractivity contribution in [2.45, 2.75) is 50.8 Å². The van der Waals surface area contributed by atoms with Crippen LogP contribution in [-0.2, 0) is 21.2 Å².